The van der Waals surface area contributed by atoms with E-state index in [4.69, 9.17) is 4.42 Å². The quantitative estimate of drug-likeness (QED) is 0.746. The van der Waals surface area contributed by atoms with Gasteiger partial charge < -0.3 is 9.73 Å². The van der Waals surface area contributed by atoms with Gasteiger partial charge in [-0.3, -0.25) is 9.48 Å². The van der Waals surface area contributed by atoms with E-state index in [0.717, 1.165) is 33.8 Å². The molecular weight excluding hydrogens is 266 g/mol. The van der Waals surface area contributed by atoms with Crippen molar-refractivity contribution in [2.45, 2.75) is 19.3 Å². The first-order valence-electron chi connectivity index (χ1n) is 6.95. The highest BCUT2D eigenvalue weighted by atomic mass is 16.3. The van der Waals surface area contributed by atoms with Gasteiger partial charge in [-0.2, -0.15) is 5.10 Å². The van der Waals surface area contributed by atoms with E-state index in [2.05, 4.69) is 10.4 Å². The molecule has 21 heavy (non-hydrogen) atoms. The Morgan fingerprint density at radius 2 is 2.19 bits per heavy atom. The number of carbonyl (C=O) groups excluding carboxylic acids is 1. The topological polar surface area (TPSA) is 60.1 Å². The summed E-state index contributed by atoms with van der Waals surface area (Å²) in [7, 11) is 1.84. The van der Waals surface area contributed by atoms with Crippen LogP contribution in [0.3, 0.4) is 0 Å². The first kappa shape index (κ1) is 12.2. The summed E-state index contributed by atoms with van der Waals surface area (Å²) in [5.41, 5.74) is 2.83. The van der Waals surface area contributed by atoms with Gasteiger partial charge in [0, 0.05) is 24.4 Å². The van der Waals surface area contributed by atoms with Gasteiger partial charge >= 0.3 is 0 Å². The fourth-order valence-corrected chi connectivity index (χ4v) is 3.13. The smallest absolute Gasteiger partial charge is 0.226 e. The predicted molar refractivity (Wildman–Crippen MR) is 79.2 cm³/mol. The minimum Gasteiger partial charge on any atom is -0.460 e. The number of anilines is 1. The van der Waals surface area contributed by atoms with Gasteiger partial charge in [-0.25, -0.2) is 0 Å². The number of nitrogens with zero attached hydrogens (tertiary/aromatic N) is 2. The predicted octanol–water partition coefficient (Wildman–Crippen LogP) is 2.95. The number of aryl methyl sites for hydroxylation is 2. The van der Waals surface area contributed by atoms with Gasteiger partial charge in [0.05, 0.1) is 11.6 Å². The van der Waals surface area contributed by atoms with E-state index in [1.54, 1.807) is 4.68 Å². The van der Waals surface area contributed by atoms with Gasteiger partial charge in [-0.15, -0.1) is 0 Å². The highest BCUT2D eigenvalue weighted by Gasteiger charge is 2.33. The lowest BCUT2D eigenvalue weighted by Gasteiger charge is -2.21. The van der Waals surface area contributed by atoms with E-state index in [1.165, 1.54) is 0 Å². The van der Waals surface area contributed by atoms with Gasteiger partial charge in [-0.1, -0.05) is 18.2 Å². The average Bonchev–Trinajstić information content (AvgIpc) is 3.00. The van der Waals surface area contributed by atoms with Crippen molar-refractivity contribution in [3.8, 4) is 0 Å². The second-order valence-corrected chi connectivity index (χ2v) is 5.46. The number of fused-ring (bicyclic) bond motifs is 2. The number of hydrogen-bond donors (Lipinski definition) is 1. The highest BCUT2D eigenvalue weighted by molar-refractivity contribution is 5.94. The van der Waals surface area contributed by atoms with E-state index in [9.17, 15) is 4.79 Å². The van der Waals surface area contributed by atoms with E-state index in [1.807, 2.05) is 44.3 Å². The number of furan rings is 1. The molecule has 0 saturated heterocycles. The van der Waals surface area contributed by atoms with Crippen LogP contribution in [0.5, 0.6) is 0 Å². The Morgan fingerprint density at radius 3 is 3.00 bits per heavy atom. The molecule has 106 valence electrons. The van der Waals surface area contributed by atoms with Crippen LogP contribution in [0.1, 0.15) is 29.4 Å². The largest absolute Gasteiger partial charge is 0.460 e. The maximum Gasteiger partial charge on any atom is 0.226 e. The molecule has 1 atom stereocenters. The monoisotopic (exact) mass is 281 g/mol. The molecule has 1 unspecified atom stereocenters. The molecule has 4 rings (SSSR count). The number of nitrogens with one attached hydrogen (secondary N) is 1. The maximum atomic E-state index is 12.0. The van der Waals surface area contributed by atoms with Crippen molar-refractivity contribution >= 4 is 22.7 Å². The van der Waals surface area contributed by atoms with Gasteiger partial charge in [-0.05, 0) is 19.1 Å². The number of hydrogen-bond acceptors (Lipinski definition) is 3. The van der Waals surface area contributed by atoms with Crippen LogP contribution < -0.4 is 5.32 Å². The van der Waals surface area contributed by atoms with Gasteiger partial charge in [0.2, 0.25) is 5.91 Å². The van der Waals surface area contributed by atoms with E-state index < -0.39 is 0 Å². The molecule has 3 heterocycles. The summed E-state index contributed by atoms with van der Waals surface area (Å²) in [4.78, 5) is 12.0. The zero-order valence-corrected chi connectivity index (χ0v) is 11.9. The number of benzene rings is 1. The van der Waals surface area contributed by atoms with Crippen molar-refractivity contribution in [3.63, 3.8) is 0 Å². The lowest BCUT2D eigenvalue weighted by molar-refractivity contribution is -0.116. The molecule has 0 saturated carbocycles. The number of amides is 1. The number of carbonyl (C=O) groups is 1. The van der Waals surface area contributed by atoms with E-state index >= 15 is 0 Å². The summed E-state index contributed by atoms with van der Waals surface area (Å²) in [5, 5.41) is 8.38. The molecule has 3 aromatic rings. The first-order chi connectivity index (χ1) is 10.1. The molecule has 0 radical (unpaired) electrons. The molecule has 0 fully saturated rings. The van der Waals surface area contributed by atoms with Crippen molar-refractivity contribution < 1.29 is 9.21 Å². The van der Waals surface area contributed by atoms with Crippen molar-refractivity contribution in [2.75, 3.05) is 5.32 Å². The number of rotatable bonds is 1. The van der Waals surface area contributed by atoms with Crippen LogP contribution in [0.4, 0.5) is 5.82 Å². The fourth-order valence-electron chi connectivity index (χ4n) is 3.13. The number of para-hydroxylation sites is 1. The molecule has 5 heteroatoms. The fraction of sp³-hybridized carbons (Fsp3) is 0.250. The SMILES string of the molecule is Cc1nn(C)c2c1C(c1cc3ccccc3o1)CC(=O)N2. The van der Waals surface area contributed by atoms with E-state index in [0.29, 0.717) is 6.42 Å². The average molecular weight is 281 g/mol. The summed E-state index contributed by atoms with van der Waals surface area (Å²) in [6, 6.07) is 9.91. The first-order valence-corrected chi connectivity index (χ1v) is 6.95. The third kappa shape index (κ3) is 1.77. The van der Waals surface area contributed by atoms with Crippen molar-refractivity contribution in [3.05, 3.63) is 47.3 Å². The third-order valence-electron chi connectivity index (χ3n) is 4.05. The summed E-state index contributed by atoms with van der Waals surface area (Å²) in [6.45, 7) is 1.96. The lowest BCUT2D eigenvalue weighted by atomic mass is 9.90. The maximum absolute atomic E-state index is 12.0. The van der Waals surface area contributed by atoms with Crippen LogP contribution in [0.2, 0.25) is 0 Å². The molecule has 0 aliphatic carbocycles. The Balaban J connectivity index is 1.90. The molecule has 1 aliphatic rings. The van der Waals surface area contributed by atoms with Crippen LogP contribution in [-0.4, -0.2) is 15.7 Å². The van der Waals surface area contributed by atoms with Crippen LogP contribution in [0.25, 0.3) is 11.0 Å². The minimum atomic E-state index is -0.0742. The second-order valence-electron chi connectivity index (χ2n) is 5.46. The van der Waals surface area contributed by atoms with Crippen LogP contribution in [-0.2, 0) is 11.8 Å². The lowest BCUT2D eigenvalue weighted by Crippen LogP contribution is -2.24. The zero-order valence-electron chi connectivity index (χ0n) is 11.9. The normalized spacial score (nSPS) is 17.8. The minimum absolute atomic E-state index is 0.00374. The molecule has 1 N–H and O–H groups in total. The van der Waals surface area contributed by atoms with Crippen molar-refractivity contribution in [1.82, 2.24) is 9.78 Å². The molecule has 0 spiro atoms. The second kappa shape index (κ2) is 4.22. The third-order valence-corrected chi connectivity index (χ3v) is 4.05. The molecule has 0 bridgehead atoms. The summed E-state index contributed by atoms with van der Waals surface area (Å²) < 4.78 is 7.68. The Hall–Kier alpha value is -2.56. The molecule has 1 amide bonds. The van der Waals surface area contributed by atoms with Crippen molar-refractivity contribution in [1.29, 1.82) is 0 Å². The molecule has 1 aromatic carbocycles. The Labute approximate surface area is 121 Å². The summed E-state index contributed by atoms with van der Waals surface area (Å²) in [6.07, 6.45) is 0.388. The van der Waals surface area contributed by atoms with Crippen molar-refractivity contribution in [2.24, 2.45) is 7.05 Å². The van der Waals surface area contributed by atoms with Gasteiger partial charge in [0.15, 0.2) is 0 Å². The zero-order chi connectivity index (χ0) is 14.6. The summed E-state index contributed by atoms with van der Waals surface area (Å²) >= 11 is 0. The Kier molecular flexibility index (Phi) is 2.45. The highest BCUT2D eigenvalue weighted by Crippen LogP contribution is 2.40. The molecule has 2 aromatic heterocycles. The molecule has 5 nitrogen and oxygen atoms in total. The molecule has 1 aliphatic heterocycles. The van der Waals surface area contributed by atoms with E-state index in [-0.39, 0.29) is 11.8 Å². The van der Waals surface area contributed by atoms with Crippen LogP contribution in [0.15, 0.2) is 34.7 Å². The van der Waals surface area contributed by atoms with Crippen LogP contribution in [0, 0.1) is 6.92 Å². The number of aromatic nitrogens is 2. The van der Waals surface area contributed by atoms with Gasteiger partial charge in [0.25, 0.3) is 0 Å². The Morgan fingerprint density at radius 1 is 1.38 bits per heavy atom. The molecular formula is C16H15N3O2. The van der Waals surface area contributed by atoms with Gasteiger partial charge in [0.1, 0.15) is 17.2 Å². The van der Waals surface area contributed by atoms with Crippen LogP contribution >= 0.6 is 0 Å². The Bertz CT molecular complexity index is 827. The summed E-state index contributed by atoms with van der Waals surface area (Å²) in [5.74, 6) is 1.52. The standard InChI is InChI=1S/C16H15N3O2/c1-9-15-11(8-14(20)17-16(15)19(2)18-9)13-7-10-5-3-4-6-12(10)21-13/h3-7,11H,8H2,1-2H3,(H,17,20).